The first-order valence-electron chi connectivity index (χ1n) is 26.8. The lowest BCUT2D eigenvalue weighted by atomic mass is 10.0. The number of nitrogens with zero attached hydrogens (tertiary/aromatic N) is 1. The Balaban J connectivity index is -0.00000383. The van der Waals surface area contributed by atoms with Crippen LogP contribution in [0.5, 0.6) is 0 Å². The molecule has 0 fully saturated rings. The fourth-order valence-electron chi connectivity index (χ4n) is 7.72. The molecule has 60 heavy (non-hydrogen) atoms. The zero-order valence-electron chi connectivity index (χ0n) is 41.6. The Morgan fingerprint density at radius 1 is 0.550 bits per heavy atom. The maximum atomic E-state index is 12.1. The van der Waals surface area contributed by atoms with Crippen LogP contribution in [0.3, 0.4) is 0 Å². The molecular formula is C55H110N2O3. The van der Waals surface area contributed by atoms with Crippen molar-refractivity contribution < 1.29 is 15.7 Å². The van der Waals surface area contributed by atoms with Crippen LogP contribution in [0.2, 0.25) is 0 Å². The molecule has 0 aliphatic carbocycles. The highest BCUT2D eigenvalue weighted by atomic mass is 16.5. The minimum absolute atomic E-state index is 0. The molecule has 0 saturated heterocycles. The number of carbonyl (C=O) groups is 1. The van der Waals surface area contributed by atoms with Crippen LogP contribution in [0.4, 0.5) is 0 Å². The third kappa shape index (κ3) is 49.1. The van der Waals surface area contributed by atoms with Crippen molar-refractivity contribution in [3.63, 3.8) is 0 Å². The monoisotopic (exact) mass is 847 g/mol. The molecule has 358 valence electrons. The maximum absolute atomic E-state index is 12.1. The van der Waals surface area contributed by atoms with Crippen molar-refractivity contribution in [2.75, 3.05) is 26.2 Å². The molecule has 0 aromatic rings. The van der Waals surface area contributed by atoms with E-state index in [4.69, 9.17) is 9.47 Å². The predicted molar refractivity (Wildman–Crippen MR) is 269 cm³/mol. The number of allylic oxidation sites excluding steroid dienone is 2. The molecule has 0 aliphatic rings. The molecule has 0 aliphatic heterocycles. The van der Waals surface area contributed by atoms with Gasteiger partial charge in [0.25, 0.3) is 0 Å². The van der Waals surface area contributed by atoms with Gasteiger partial charge in [-0.1, -0.05) is 214 Å². The molecule has 0 saturated carbocycles. The number of esters is 1. The van der Waals surface area contributed by atoms with Gasteiger partial charge in [-0.3, -0.25) is 10.2 Å². The van der Waals surface area contributed by atoms with Crippen LogP contribution in [0.1, 0.15) is 286 Å². The maximum Gasteiger partial charge on any atom is 0.305 e. The van der Waals surface area contributed by atoms with E-state index in [1.807, 2.05) is 6.08 Å². The predicted octanol–water partition coefficient (Wildman–Crippen LogP) is 18.1. The van der Waals surface area contributed by atoms with Gasteiger partial charge in [-0.25, -0.2) is 5.01 Å². The fourth-order valence-corrected chi connectivity index (χ4v) is 7.72. The number of hydrogen-bond acceptors (Lipinski definition) is 5. The first kappa shape index (κ1) is 60.5. The fraction of sp³-hybridized carbons (Fsp3) is 0.891. The van der Waals surface area contributed by atoms with E-state index in [0.29, 0.717) is 19.1 Å². The molecular weight excluding hydrogens is 737 g/mol. The van der Waals surface area contributed by atoms with E-state index in [1.54, 1.807) is 0 Å². The quantitative estimate of drug-likeness (QED) is 0.0165. The van der Waals surface area contributed by atoms with Gasteiger partial charge in [0.1, 0.15) is 5.76 Å². The molecule has 0 bridgehead atoms. The molecule has 0 spiro atoms. The highest BCUT2D eigenvalue weighted by molar-refractivity contribution is 5.69. The average Bonchev–Trinajstić information content (AvgIpc) is 3.25. The molecule has 5 heteroatoms. The van der Waals surface area contributed by atoms with Gasteiger partial charge in [-0.15, -0.1) is 6.58 Å². The van der Waals surface area contributed by atoms with Gasteiger partial charge in [0.05, 0.1) is 12.7 Å². The Hall–Kier alpha value is -1.55. The van der Waals surface area contributed by atoms with Gasteiger partial charge in [-0.05, 0) is 77.0 Å². The Morgan fingerprint density at radius 3 is 1.45 bits per heavy atom. The standard InChI is InChI=1S/C48H94N2O3.C7H14.H2/c1-6-11-15-18-21-30-37-45-52-48(51)41-34-27-23-29-36-44-50(49-42-14-9-4)43-35-28-22-26-31-38-46(10-5)53-47(39-32-24-19-16-12-7-2)40-33-25-20-17-13-8-3;1-3-5-7-6-4-2;/h47,49H,5-9,11-45H2,1-4H3;3H,1,4-7H2,2H3;1H. The van der Waals surface area contributed by atoms with Crippen LogP contribution in [-0.2, 0) is 14.3 Å². The average molecular weight is 847 g/mol. The van der Waals surface area contributed by atoms with Gasteiger partial charge in [0.2, 0.25) is 0 Å². The van der Waals surface area contributed by atoms with Crippen molar-refractivity contribution >= 4 is 5.97 Å². The van der Waals surface area contributed by atoms with Crippen molar-refractivity contribution in [3.8, 4) is 0 Å². The van der Waals surface area contributed by atoms with Crippen LogP contribution in [0, 0.1) is 0 Å². The summed E-state index contributed by atoms with van der Waals surface area (Å²) in [5.74, 6) is 1.01. The largest absolute Gasteiger partial charge is 0.487 e. The number of carbonyl (C=O) groups excluding carboxylic acids is 1. The Labute approximate surface area is 379 Å². The lowest BCUT2D eigenvalue weighted by Crippen LogP contribution is -2.40. The highest BCUT2D eigenvalue weighted by Crippen LogP contribution is 2.22. The third-order valence-electron chi connectivity index (χ3n) is 11.8. The molecule has 0 amide bonds. The molecule has 0 unspecified atom stereocenters. The van der Waals surface area contributed by atoms with Gasteiger partial charge in [0.15, 0.2) is 0 Å². The second-order valence-electron chi connectivity index (χ2n) is 17.9. The summed E-state index contributed by atoms with van der Waals surface area (Å²) in [5, 5.41) is 2.48. The Bertz CT molecular complexity index is 892. The number of ether oxygens (including phenoxy) is 2. The first-order chi connectivity index (χ1) is 29.5. The molecule has 0 aromatic carbocycles. The van der Waals surface area contributed by atoms with Crippen LogP contribution in [0.25, 0.3) is 0 Å². The second-order valence-corrected chi connectivity index (χ2v) is 17.9. The normalized spacial score (nSPS) is 11.1. The van der Waals surface area contributed by atoms with Gasteiger partial charge in [-0.2, -0.15) is 0 Å². The summed E-state index contributed by atoms with van der Waals surface area (Å²) >= 11 is 0. The van der Waals surface area contributed by atoms with E-state index in [-0.39, 0.29) is 7.40 Å². The highest BCUT2D eigenvalue weighted by Gasteiger charge is 2.13. The minimum Gasteiger partial charge on any atom is -0.487 e. The summed E-state index contributed by atoms with van der Waals surface area (Å²) in [7, 11) is 0. The van der Waals surface area contributed by atoms with Crippen molar-refractivity contribution in [1.29, 1.82) is 0 Å². The Kier molecular flexibility index (Phi) is 54.1. The minimum atomic E-state index is -0.000490. The lowest BCUT2D eigenvalue weighted by Gasteiger charge is -2.23. The summed E-state index contributed by atoms with van der Waals surface area (Å²) in [6, 6.07) is 0. The summed E-state index contributed by atoms with van der Waals surface area (Å²) in [6.07, 6.45) is 50.8. The zero-order chi connectivity index (χ0) is 44.3. The van der Waals surface area contributed by atoms with Gasteiger partial charge >= 0.3 is 5.97 Å². The number of hydrazine groups is 1. The number of rotatable bonds is 48. The molecule has 1 N–H and O–H groups in total. The molecule has 0 atom stereocenters. The van der Waals surface area contributed by atoms with Crippen molar-refractivity contribution in [1.82, 2.24) is 10.4 Å². The molecule has 0 heterocycles. The third-order valence-corrected chi connectivity index (χ3v) is 11.8. The summed E-state index contributed by atoms with van der Waals surface area (Å²) in [5.41, 5.74) is 6.89. The Morgan fingerprint density at radius 2 is 0.967 bits per heavy atom. The van der Waals surface area contributed by atoms with Crippen LogP contribution < -0.4 is 5.43 Å². The van der Waals surface area contributed by atoms with Gasteiger partial charge < -0.3 is 9.47 Å². The SMILES string of the molecule is C=C=C(CCCCCCCN(CCCCCCCC(=O)OCCCCCCCCC)NCCCC)OC(CCCCCCCC)CCCCCCCC.C=CCCCCC.[HH]. The summed E-state index contributed by atoms with van der Waals surface area (Å²) < 4.78 is 12.0. The smallest absolute Gasteiger partial charge is 0.305 e. The van der Waals surface area contributed by atoms with E-state index in [0.717, 1.165) is 51.1 Å². The van der Waals surface area contributed by atoms with Crippen molar-refractivity contribution in [3.05, 3.63) is 30.7 Å². The van der Waals surface area contributed by atoms with Crippen LogP contribution in [-0.4, -0.2) is 43.3 Å². The van der Waals surface area contributed by atoms with Crippen LogP contribution in [0.15, 0.2) is 30.7 Å². The number of unbranched alkanes of at least 4 members (excludes halogenated alkanes) is 28. The van der Waals surface area contributed by atoms with Gasteiger partial charge in [0, 0.05) is 33.9 Å². The lowest BCUT2D eigenvalue weighted by molar-refractivity contribution is -0.143. The number of nitrogens with one attached hydrogen (secondary N) is 1. The molecule has 0 aromatic heterocycles. The molecule has 5 nitrogen and oxygen atoms in total. The van der Waals surface area contributed by atoms with E-state index in [2.05, 4.69) is 63.9 Å². The van der Waals surface area contributed by atoms with E-state index >= 15 is 0 Å². The van der Waals surface area contributed by atoms with E-state index in [1.165, 1.54) is 218 Å². The number of hydrogen-bond donors (Lipinski definition) is 1. The topological polar surface area (TPSA) is 50.8 Å². The van der Waals surface area contributed by atoms with E-state index in [9.17, 15) is 4.79 Å². The van der Waals surface area contributed by atoms with Crippen molar-refractivity contribution in [2.45, 2.75) is 291 Å². The molecule has 0 radical (unpaired) electrons. The summed E-state index contributed by atoms with van der Waals surface area (Å²) in [4.78, 5) is 12.1. The zero-order valence-corrected chi connectivity index (χ0v) is 41.6. The first-order valence-corrected chi connectivity index (χ1v) is 26.8. The second kappa shape index (κ2) is 53.6. The molecule has 0 rings (SSSR count). The summed E-state index contributed by atoms with van der Waals surface area (Å²) in [6.45, 7) is 22.9. The van der Waals surface area contributed by atoms with Crippen molar-refractivity contribution in [2.24, 2.45) is 0 Å². The van der Waals surface area contributed by atoms with Crippen LogP contribution >= 0.6 is 0 Å². The van der Waals surface area contributed by atoms with E-state index < -0.39 is 0 Å².